The molecule has 2 aromatic rings. The first kappa shape index (κ1) is 6.61. The van der Waals surface area contributed by atoms with E-state index in [2.05, 4.69) is 9.97 Å². The van der Waals surface area contributed by atoms with Gasteiger partial charge in [-0.1, -0.05) is 0 Å². The Hall–Kier alpha value is -1.09. The van der Waals surface area contributed by atoms with Crippen molar-refractivity contribution in [3.8, 4) is 0 Å². The van der Waals surface area contributed by atoms with Gasteiger partial charge in [0.25, 0.3) is 0 Å². The first-order valence-corrected chi connectivity index (χ1v) is 3.61. The average molecular weight is 168 g/mol. The molecule has 56 valence electrons. The number of nitrogens with zero attached hydrogens (tertiary/aromatic N) is 3. The highest BCUT2D eigenvalue weighted by Crippen LogP contribution is 2.09. The van der Waals surface area contributed by atoms with Crippen molar-refractivity contribution in [2.45, 2.75) is 6.92 Å². The summed E-state index contributed by atoms with van der Waals surface area (Å²) in [5.74, 6) is 0. The lowest BCUT2D eigenvalue weighted by atomic mass is 10.4. The van der Waals surface area contributed by atoms with E-state index in [9.17, 15) is 0 Å². The zero-order chi connectivity index (χ0) is 7.84. The molecule has 0 radical (unpaired) electrons. The summed E-state index contributed by atoms with van der Waals surface area (Å²) in [6.45, 7) is 1.89. The minimum absolute atomic E-state index is 0.456. The van der Waals surface area contributed by atoms with Crippen LogP contribution in [0.4, 0.5) is 0 Å². The van der Waals surface area contributed by atoms with Crippen LogP contribution in [0.25, 0.3) is 5.65 Å². The number of aromatic nitrogens is 3. The van der Waals surface area contributed by atoms with Gasteiger partial charge in [0.2, 0.25) is 5.28 Å². The van der Waals surface area contributed by atoms with Crippen molar-refractivity contribution in [1.82, 2.24) is 14.4 Å². The molecule has 4 heteroatoms. The first-order valence-electron chi connectivity index (χ1n) is 3.23. The fourth-order valence-electron chi connectivity index (χ4n) is 0.996. The third-order valence-electron chi connectivity index (χ3n) is 1.47. The maximum Gasteiger partial charge on any atom is 0.208 e. The van der Waals surface area contributed by atoms with Crippen LogP contribution in [0.1, 0.15) is 5.69 Å². The molecule has 0 aromatic carbocycles. The largest absolute Gasteiger partial charge is 0.274 e. The summed E-state index contributed by atoms with van der Waals surface area (Å²) in [7, 11) is 0. The number of aryl methyl sites for hydroxylation is 1. The molecule has 0 unspecified atom stereocenters. The summed E-state index contributed by atoms with van der Waals surface area (Å²) < 4.78 is 1.73. The molecule has 11 heavy (non-hydrogen) atoms. The Morgan fingerprint density at radius 2 is 2.36 bits per heavy atom. The normalized spacial score (nSPS) is 10.7. The second-order valence-corrected chi connectivity index (χ2v) is 2.66. The molecule has 0 amide bonds. The predicted molar refractivity (Wildman–Crippen MR) is 42.7 cm³/mol. The Morgan fingerprint density at radius 3 is 3.18 bits per heavy atom. The smallest absolute Gasteiger partial charge is 0.208 e. The fourth-order valence-corrected chi connectivity index (χ4v) is 1.27. The molecular formula is C7H6ClN3. The third-order valence-corrected chi connectivity index (χ3v) is 1.74. The van der Waals surface area contributed by atoms with Crippen LogP contribution in [0, 0.1) is 6.92 Å². The summed E-state index contributed by atoms with van der Waals surface area (Å²) in [5.41, 5.74) is 1.72. The van der Waals surface area contributed by atoms with E-state index in [0.717, 1.165) is 11.3 Å². The molecule has 0 saturated carbocycles. The molecule has 0 N–H and O–H groups in total. The highest BCUT2D eigenvalue weighted by molar-refractivity contribution is 6.28. The number of rotatable bonds is 0. The molecule has 0 aliphatic carbocycles. The predicted octanol–water partition coefficient (Wildman–Crippen LogP) is 1.69. The summed E-state index contributed by atoms with van der Waals surface area (Å²) in [6, 6.07) is 1.88. The minimum Gasteiger partial charge on any atom is -0.274 e. The van der Waals surface area contributed by atoms with E-state index >= 15 is 0 Å². The highest BCUT2D eigenvalue weighted by atomic mass is 35.5. The monoisotopic (exact) mass is 167 g/mol. The lowest BCUT2D eigenvalue weighted by Crippen LogP contribution is -1.91. The quantitative estimate of drug-likeness (QED) is 0.559. The number of hydrogen-bond acceptors (Lipinski definition) is 2. The van der Waals surface area contributed by atoms with Crippen molar-refractivity contribution in [2.75, 3.05) is 0 Å². The van der Waals surface area contributed by atoms with Crippen LogP contribution in [-0.2, 0) is 0 Å². The molecule has 3 nitrogen and oxygen atoms in total. The molecule has 0 saturated heterocycles. The van der Waals surface area contributed by atoms with Gasteiger partial charge in [-0.05, 0) is 18.5 Å². The lowest BCUT2D eigenvalue weighted by molar-refractivity contribution is 1.05. The number of imidazole rings is 1. The van der Waals surface area contributed by atoms with Crippen LogP contribution >= 0.6 is 11.6 Å². The molecule has 2 heterocycles. The van der Waals surface area contributed by atoms with Gasteiger partial charge < -0.3 is 0 Å². The van der Waals surface area contributed by atoms with Gasteiger partial charge in [0.1, 0.15) is 5.65 Å². The standard InChI is InChI=1S/C7H6ClN3/c1-5-4-6-9-2-3-11(6)7(8)10-5/h2-4H,1H3. The Morgan fingerprint density at radius 1 is 1.55 bits per heavy atom. The molecular weight excluding hydrogens is 162 g/mol. The van der Waals surface area contributed by atoms with Gasteiger partial charge in [-0.3, -0.25) is 4.40 Å². The van der Waals surface area contributed by atoms with Crippen molar-refractivity contribution in [2.24, 2.45) is 0 Å². The van der Waals surface area contributed by atoms with E-state index in [4.69, 9.17) is 11.6 Å². The molecule has 0 atom stereocenters. The minimum atomic E-state index is 0.456. The summed E-state index contributed by atoms with van der Waals surface area (Å²) >= 11 is 5.82. The van der Waals surface area contributed by atoms with Crippen LogP contribution in [0.5, 0.6) is 0 Å². The van der Waals surface area contributed by atoms with Gasteiger partial charge in [-0.15, -0.1) is 0 Å². The molecule has 0 aliphatic heterocycles. The Bertz CT molecular complexity index is 393. The third kappa shape index (κ3) is 0.973. The summed E-state index contributed by atoms with van der Waals surface area (Å²) in [6.07, 6.45) is 3.48. The van der Waals surface area contributed by atoms with Crippen LogP contribution < -0.4 is 0 Å². The maximum atomic E-state index is 5.82. The molecule has 0 bridgehead atoms. The van der Waals surface area contributed by atoms with Crippen LogP contribution in [0.2, 0.25) is 5.28 Å². The van der Waals surface area contributed by atoms with E-state index in [0.29, 0.717) is 5.28 Å². The van der Waals surface area contributed by atoms with Crippen LogP contribution in [-0.4, -0.2) is 14.4 Å². The maximum absolute atomic E-state index is 5.82. The molecule has 2 rings (SSSR count). The van der Waals surface area contributed by atoms with Crippen molar-refractivity contribution in [1.29, 1.82) is 0 Å². The van der Waals surface area contributed by atoms with Crippen LogP contribution in [0.15, 0.2) is 18.5 Å². The topological polar surface area (TPSA) is 30.2 Å². The van der Waals surface area contributed by atoms with E-state index in [1.54, 1.807) is 16.8 Å². The number of hydrogen-bond donors (Lipinski definition) is 0. The van der Waals surface area contributed by atoms with Crippen molar-refractivity contribution in [3.05, 3.63) is 29.4 Å². The molecule has 0 aliphatic rings. The first-order chi connectivity index (χ1) is 5.27. The Labute approximate surface area is 68.7 Å². The lowest BCUT2D eigenvalue weighted by Gasteiger charge is -1.96. The van der Waals surface area contributed by atoms with Gasteiger partial charge in [-0.2, -0.15) is 0 Å². The van der Waals surface area contributed by atoms with Crippen LogP contribution in [0.3, 0.4) is 0 Å². The van der Waals surface area contributed by atoms with Gasteiger partial charge in [-0.25, -0.2) is 9.97 Å². The molecule has 0 fully saturated rings. The summed E-state index contributed by atoms with van der Waals surface area (Å²) in [5, 5.41) is 0.456. The fraction of sp³-hybridized carbons (Fsp3) is 0.143. The molecule has 2 aromatic heterocycles. The number of fused-ring (bicyclic) bond motifs is 1. The van der Waals surface area contributed by atoms with Gasteiger partial charge in [0, 0.05) is 24.2 Å². The SMILES string of the molecule is Cc1cc2nccn2c(Cl)n1. The second-order valence-electron chi connectivity index (χ2n) is 2.32. The zero-order valence-corrected chi connectivity index (χ0v) is 6.71. The van der Waals surface area contributed by atoms with Gasteiger partial charge >= 0.3 is 0 Å². The van der Waals surface area contributed by atoms with Crippen molar-refractivity contribution >= 4 is 17.2 Å². The van der Waals surface area contributed by atoms with E-state index < -0.39 is 0 Å². The van der Waals surface area contributed by atoms with E-state index in [-0.39, 0.29) is 0 Å². The van der Waals surface area contributed by atoms with E-state index in [1.807, 2.05) is 13.0 Å². The van der Waals surface area contributed by atoms with Gasteiger partial charge in [0.05, 0.1) is 0 Å². The second kappa shape index (κ2) is 2.20. The number of halogens is 1. The van der Waals surface area contributed by atoms with Crippen molar-refractivity contribution in [3.63, 3.8) is 0 Å². The highest BCUT2D eigenvalue weighted by Gasteiger charge is 1.99. The average Bonchev–Trinajstić information content (AvgIpc) is 2.34. The summed E-state index contributed by atoms with van der Waals surface area (Å²) in [4.78, 5) is 8.14. The zero-order valence-electron chi connectivity index (χ0n) is 5.95. The molecule has 0 spiro atoms. The Balaban J connectivity index is 2.91. The van der Waals surface area contributed by atoms with E-state index in [1.165, 1.54) is 0 Å². The van der Waals surface area contributed by atoms with Crippen molar-refractivity contribution < 1.29 is 0 Å². The van der Waals surface area contributed by atoms with Gasteiger partial charge in [0.15, 0.2) is 0 Å². The Kier molecular flexibility index (Phi) is 1.32.